The third kappa shape index (κ3) is 3.22. The van der Waals surface area contributed by atoms with Crippen LogP contribution in [0.3, 0.4) is 0 Å². The number of primary amides is 1. The molecule has 1 aromatic carbocycles. The summed E-state index contributed by atoms with van der Waals surface area (Å²) in [5, 5.41) is 8.69. The highest BCUT2D eigenvalue weighted by Crippen LogP contribution is 2.17. The van der Waals surface area contributed by atoms with Crippen molar-refractivity contribution in [3.63, 3.8) is 0 Å². The van der Waals surface area contributed by atoms with Gasteiger partial charge in [-0.2, -0.15) is 0 Å². The van der Waals surface area contributed by atoms with Crippen molar-refractivity contribution in [1.82, 2.24) is 15.2 Å². The van der Waals surface area contributed by atoms with Crippen LogP contribution in [0.4, 0.5) is 10.1 Å². The maximum Gasteiger partial charge on any atom is 0.295 e. The van der Waals surface area contributed by atoms with Gasteiger partial charge in [0.15, 0.2) is 0 Å². The number of halogens is 1. The van der Waals surface area contributed by atoms with Crippen molar-refractivity contribution >= 4 is 17.5 Å². The fourth-order valence-electron chi connectivity index (χ4n) is 1.59. The summed E-state index contributed by atoms with van der Waals surface area (Å²) in [6, 6.07) is 3.44. The quantitative estimate of drug-likeness (QED) is 0.790. The number of aromatic nitrogens is 3. The second-order valence-corrected chi connectivity index (χ2v) is 4.71. The summed E-state index contributed by atoms with van der Waals surface area (Å²) >= 11 is 0. The molecule has 7 nitrogen and oxygen atoms in total. The molecule has 0 atom stereocenters. The molecule has 0 aliphatic heterocycles. The Hall–Kier alpha value is -2.77. The first-order chi connectivity index (χ1) is 9.88. The molecule has 2 aromatic rings. The average Bonchev–Trinajstić information content (AvgIpc) is 2.90. The van der Waals surface area contributed by atoms with Crippen LogP contribution in [0.5, 0.6) is 0 Å². The Morgan fingerprint density at radius 2 is 2.10 bits per heavy atom. The Balaban J connectivity index is 2.22. The topological polar surface area (TPSA) is 114 Å². The largest absolute Gasteiger partial charge is 0.366 e. The van der Waals surface area contributed by atoms with E-state index in [2.05, 4.69) is 20.5 Å². The van der Waals surface area contributed by atoms with E-state index in [1.54, 1.807) is 0 Å². The Kier molecular flexibility index (Phi) is 3.97. The molecule has 0 aliphatic rings. The summed E-state index contributed by atoms with van der Waals surface area (Å²) in [5.41, 5.74) is 5.04. The molecule has 4 N–H and O–H groups in total. The van der Waals surface area contributed by atoms with Gasteiger partial charge in [0.05, 0.1) is 5.69 Å². The van der Waals surface area contributed by atoms with Crippen LogP contribution in [0.15, 0.2) is 18.2 Å². The highest BCUT2D eigenvalue weighted by Gasteiger charge is 2.16. The molecule has 0 fully saturated rings. The number of benzene rings is 1. The van der Waals surface area contributed by atoms with E-state index in [0.717, 1.165) is 12.1 Å². The minimum atomic E-state index is -0.717. The third-order valence-electron chi connectivity index (χ3n) is 2.75. The van der Waals surface area contributed by atoms with Gasteiger partial charge in [-0.1, -0.05) is 13.8 Å². The molecule has 0 bridgehead atoms. The van der Waals surface area contributed by atoms with Crippen LogP contribution in [-0.4, -0.2) is 27.0 Å². The Morgan fingerprint density at radius 1 is 1.38 bits per heavy atom. The van der Waals surface area contributed by atoms with Crippen LogP contribution >= 0.6 is 0 Å². The first kappa shape index (κ1) is 14.6. The SMILES string of the molecule is CC(C)c1nc(C(=O)Nc2cc(C(N)=O)ccc2F)n[nH]1. The van der Waals surface area contributed by atoms with Gasteiger partial charge >= 0.3 is 0 Å². The van der Waals surface area contributed by atoms with E-state index >= 15 is 0 Å². The predicted molar refractivity (Wildman–Crippen MR) is 73.3 cm³/mol. The van der Waals surface area contributed by atoms with Crippen molar-refractivity contribution in [3.8, 4) is 0 Å². The monoisotopic (exact) mass is 291 g/mol. The summed E-state index contributed by atoms with van der Waals surface area (Å²) in [7, 11) is 0. The van der Waals surface area contributed by atoms with E-state index in [0.29, 0.717) is 5.82 Å². The average molecular weight is 291 g/mol. The Bertz CT molecular complexity index is 696. The highest BCUT2D eigenvalue weighted by atomic mass is 19.1. The number of carbonyl (C=O) groups excluding carboxylic acids is 2. The second kappa shape index (κ2) is 5.70. The third-order valence-corrected chi connectivity index (χ3v) is 2.75. The molecule has 0 saturated heterocycles. The summed E-state index contributed by atoms with van der Waals surface area (Å²) in [6.07, 6.45) is 0. The number of carbonyl (C=O) groups is 2. The summed E-state index contributed by atoms with van der Waals surface area (Å²) in [4.78, 5) is 27.0. The van der Waals surface area contributed by atoms with E-state index in [1.165, 1.54) is 6.07 Å². The molecule has 21 heavy (non-hydrogen) atoms. The van der Waals surface area contributed by atoms with E-state index in [4.69, 9.17) is 5.73 Å². The van der Waals surface area contributed by atoms with Gasteiger partial charge in [-0.15, -0.1) is 5.10 Å². The number of hydrogen-bond donors (Lipinski definition) is 3. The maximum absolute atomic E-state index is 13.6. The minimum absolute atomic E-state index is 0.0778. The highest BCUT2D eigenvalue weighted by molar-refractivity contribution is 6.02. The van der Waals surface area contributed by atoms with Gasteiger partial charge in [-0.3, -0.25) is 14.7 Å². The summed E-state index contributed by atoms with van der Waals surface area (Å²) < 4.78 is 13.6. The number of nitrogens with zero attached hydrogens (tertiary/aromatic N) is 2. The van der Waals surface area contributed by atoms with Crippen LogP contribution in [0, 0.1) is 5.82 Å². The van der Waals surface area contributed by atoms with Crippen molar-refractivity contribution < 1.29 is 14.0 Å². The zero-order valence-electron chi connectivity index (χ0n) is 11.5. The van der Waals surface area contributed by atoms with Gasteiger partial charge in [0, 0.05) is 11.5 Å². The lowest BCUT2D eigenvalue weighted by atomic mass is 10.2. The van der Waals surface area contributed by atoms with E-state index in [9.17, 15) is 14.0 Å². The smallest absolute Gasteiger partial charge is 0.295 e. The number of nitrogens with two attached hydrogens (primary N) is 1. The number of rotatable bonds is 4. The lowest BCUT2D eigenvalue weighted by molar-refractivity contribution is 0.0994. The molecule has 0 spiro atoms. The molecule has 2 amide bonds. The summed E-state index contributed by atoms with van der Waals surface area (Å²) in [6.45, 7) is 3.77. The van der Waals surface area contributed by atoms with Crippen molar-refractivity contribution in [2.45, 2.75) is 19.8 Å². The molecule has 0 radical (unpaired) electrons. The molecule has 0 unspecified atom stereocenters. The molecular weight excluding hydrogens is 277 g/mol. The molecule has 1 aromatic heterocycles. The van der Waals surface area contributed by atoms with Gasteiger partial charge in [-0.05, 0) is 18.2 Å². The van der Waals surface area contributed by atoms with Crippen molar-refractivity contribution in [2.75, 3.05) is 5.32 Å². The van der Waals surface area contributed by atoms with Gasteiger partial charge in [0.1, 0.15) is 11.6 Å². The van der Waals surface area contributed by atoms with Crippen molar-refractivity contribution in [3.05, 3.63) is 41.2 Å². The van der Waals surface area contributed by atoms with Gasteiger partial charge in [0.2, 0.25) is 11.7 Å². The first-order valence-electron chi connectivity index (χ1n) is 6.21. The predicted octanol–water partition coefficient (Wildman–Crippen LogP) is 1.42. The molecule has 2 rings (SSSR count). The van der Waals surface area contributed by atoms with E-state index < -0.39 is 17.6 Å². The van der Waals surface area contributed by atoms with Gasteiger partial charge in [0.25, 0.3) is 5.91 Å². The normalized spacial score (nSPS) is 10.7. The molecule has 1 heterocycles. The number of aromatic amines is 1. The maximum atomic E-state index is 13.6. The van der Waals surface area contributed by atoms with E-state index in [1.807, 2.05) is 13.8 Å². The van der Waals surface area contributed by atoms with Crippen LogP contribution < -0.4 is 11.1 Å². The fraction of sp³-hybridized carbons (Fsp3) is 0.231. The lowest BCUT2D eigenvalue weighted by Crippen LogP contribution is -2.16. The number of nitrogens with one attached hydrogen (secondary N) is 2. The zero-order valence-corrected chi connectivity index (χ0v) is 11.5. The van der Waals surface area contributed by atoms with Gasteiger partial charge in [-0.25, -0.2) is 9.37 Å². The number of anilines is 1. The van der Waals surface area contributed by atoms with Gasteiger partial charge < -0.3 is 11.1 Å². The molecule has 110 valence electrons. The number of H-pyrrole nitrogens is 1. The number of amides is 2. The second-order valence-electron chi connectivity index (χ2n) is 4.71. The molecule has 0 aliphatic carbocycles. The Morgan fingerprint density at radius 3 is 2.67 bits per heavy atom. The summed E-state index contributed by atoms with van der Waals surface area (Å²) in [5.74, 6) is -1.57. The lowest BCUT2D eigenvalue weighted by Gasteiger charge is -2.05. The standard InChI is InChI=1S/C13H14FN5O2/c1-6(2)11-17-12(19-18-11)13(21)16-9-5-7(10(15)20)3-4-8(9)14/h3-6H,1-2H3,(H2,15,20)(H,16,21)(H,17,18,19). The van der Waals surface area contributed by atoms with Crippen molar-refractivity contribution in [1.29, 1.82) is 0 Å². The fourth-order valence-corrected chi connectivity index (χ4v) is 1.59. The van der Waals surface area contributed by atoms with E-state index in [-0.39, 0.29) is 23.0 Å². The van der Waals surface area contributed by atoms with Crippen molar-refractivity contribution in [2.24, 2.45) is 5.73 Å². The van der Waals surface area contributed by atoms with Crippen LogP contribution in [0.2, 0.25) is 0 Å². The molecule has 0 saturated carbocycles. The number of hydrogen-bond acceptors (Lipinski definition) is 4. The van der Waals surface area contributed by atoms with Crippen LogP contribution in [0.25, 0.3) is 0 Å². The van der Waals surface area contributed by atoms with Crippen LogP contribution in [0.1, 0.15) is 46.6 Å². The Labute approximate surface area is 119 Å². The first-order valence-corrected chi connectivity index (χ1v) is 6.21. The van der Waals surface area contributed by atoms with Crippen LogP contribution in [-0.2, 0) is 0 Å². The minimum Gasteiger partial charge on any atom is -0.366 e. The molecular formula is C13H14FN5O2. The molecule has 8 heteroatoms. The zero-order chi connectivity index (χ0) is 15.6.